The van der Waals surface area contributed by atoms with E-state index in [4.69, 9.17) is 0 Å². The van der Waals surface area contributed by atoms with E-state index in [1.165, 1.54) is 16.8 Å². The molecule has 1 aromatic carbocycles. The van der Waals surface area contributed by atoms with Gasteiger partial charge in [-0.1, -0.05) is 0 Å². The molecule has 0 N–H and O–H groups in total. The molecule has 1 aromatic heterocycles. The molecule has 10 heteroatoms. The number of likely N-dealkylation sites (tertiary alicyclic amines) is 1. The second-order valence-corrected chi connectivity index (χ2v) is 5.68. The first-order valence-corrected chi connectivity index (χ1v) is 7.30. The molecule has 0 amide bonds. The lowest BCUT2D eigenvalue weighted by Gasteiger charge is -2.15. The zero-order valence-electron chi connectivity index (χ0n) is 12.5. The fourth-order valence-electron chi connectivity index (χ4n) is 2.61. The topological polar surface area (TPSA) is 46.8 Å². The van der Waals surface area contributed by atoms with Gasteiger partial charge in [-0.2, -0.15) is 17.9 Å². The smallest absolute Gasteiger partial charge is 0.297 e. The van der Waals surface area contributed by atoms with E-state index in [1.807, 2.05) is 0 Å². The third-order valence-electron chi connectivity index (χ3n) is 3.87. The van der Waals surface area contributed by atoms with Gasteiger partial charge in [0.2, 0.25) is 0 Å². The van der Waals surface area contributed by atoms with E-state index in [0.717, 1.165) is 12.1 Å². The minimum atomic E-state index is -4.41. The van der Waals surface area contributed by atoms with E-state index >= 15 is 0 Å². The molecular weight excluding hydrogens is 333 g/mol. The molecule has 130 valence electrons. The van der Waals surface area contributed by atoms with E-state index < -0.39 is 17.7 Å². The van der Waals surface area contributed by atoms with Crippen molar-refractivity contribution in [1.29, 1.82) is 0 Å². The van der Waals surface area contributed by atoms with Gasteiger partial charge in [-0.15, -0.1) is 5.10 Å². The van der Waals surface area contributed by atoms with Crippen LogP contribution in [0, 0.1) is 0 Å². The highest BCUT2D eigenvalue weighted by molar-refractivity contribution is 5.35. The molecule has 0 unspecified atom stereocenters. The molecule has 1 aliphatic rings. The average Bonchev–Trinajstić information content (AvgIpc) is 3.10. The molecule has 0 aliphatic carbocycles. The number of nitrogens with zero attached hydrogens (tertiary/aromatic N) is 5. The Kier molecular flexibility index (Phi) is 4.24. The summed E-state index contributed by atoms with van der Waals surface area (Å²) in [5.41, 5.74) is -0.380. The minimum Gasteiger partial charge on any atom is -0.297 e. The second kappa shape index (κ2) is 6.08. The van der Waals surface area contributed by atoms with E-state index in [2.05, 4.69) is 15.5 Å². The minimum absolute atomic E-state index is 0.170. The van der Waals surface area contributed by atoms with Crippen molar-refractivity contribution in [2.75, 3.05) is 19.6 Å². The Hall–Kier alpha value is -2.10. The maximum atomic E-state index is 13.2. The van der Waals surface area contributed by atoms with Crippen LogP contribution in [0.5, 0.6) is 0 Å². The summed E-state index contributed by atoms with van der Waals surface area (Å²) in [4.78, 5) is 1.62. The highest BCUT2D eigenvalue weighted by Crippen LogP contribution is 2.30. The van der Waals surface area contributed by atoms with Crippen LogP contribution in [-0.4, -0.2) is 50.7 Å². The first-order chi connectivity index (χ1) is 11.2. The Morgan fingerprint density at radius 2 is 1.83 bits per heavy atom. The zero-order valence-corrected chi connectivity index (χ0v) is 12.5. The quantitative estimate of drug-likeness (QED) is 0.798. The molecule has 2 aromatic rings. The molecule has 1 fully saturated rings. The van der Waals surface area contributed by atoms with Gasteiger partial charge in [0.25, 0.3) is 5.92 Å². The van der Waals surface area contributed by atoms with Gasteiger partial charge >= 0.3 is 6.18 Å². The van der Waals surface area contributed by atoms with Crippen molar-refractivity contribution in [2.24, 2.45) is 0 Å². The van der Waals surface area contributed by atoms with Crippen LogP contribution in [0.3, 0.4) is 0 Å². The van der Waals surface area contributed by atoms with Crippen LogP contribution in [-0.2, 0) is 12.6 Å². The Morgan fingerprint density at radius 1 is 1.12 bits per heavy atom. The van der Waals surface area contributed by atoms with Crippen LogP contribution < -0.4 is 0 Å². The van der Waals surface area contributed by atoms with Crippen molar-refractivity contribution in [3.8, 4) is 5.69 Å². The number of hydrogen-bond acceptors (Lipinski definition) is 4. The van der Waals surface area contributed by atoms with Crippen molar-refractivity contribution in [2.45, 2.75) is 24.9 Å². The summed E-state index contributed by atoms with van der Waals surface area (Å²) in [6.45, 7) is 0.361. The Labute approximate surface area is 134 Å². The first kappa shape index (κ1) is 16.7. The Morgan fingerprint density at radius 3 is 2.42 bits per heavy atom. The maximum absolute atomic E-state index is 13.2. The van der Waals surface area contributed by atoms with Crippen LogP contribution in [0.2, 0.25) is 0 Å². The molecule has 1 aliphatic heterocycles. The number of hydrogen-bond donors (Lipinski definition) is 0. The fraction of sp³-hybridized carbons (Fsp3) is 0.500. The van der Waals surface area contributed by atoms with Gasteiger partial charge in [0.05, 0.1) is 17.8 Å². The summed E-state index contributed by atoms with van der Waals surface area (Å²) in [5.74, 6) is -2.26. The van der Waals surface area contributed by atoms with Crippen LogP contribution >= 0.6 is 0 Å². The summed E-state index contributed by atoms with van der Waals surface area (Å²) in [6.07, 6.45) is -4.26. The molecule has 3 rings (SSSR count). The summed E-state index contributed by atoms with van der Waals surface area (Å²) in [7, 11) is 0. The lowest BCUT2D eigenvalue weighted by atomic mass is 10.2. The number of halogens is 5. The molecule has 24 heavy (non-hydrogen) atoms. The summed E-state index contributed by atoms with van der Waals surface area (Å²) in [6, 6.07) is 4.43. The monoisotopic (exact) mass is 347 g/mol. The van der Waals surface area contributed by atoms with E-state index in [9.17, 15) is 22.0 Å². The second-order valence-electron chi connectivity index (χ2n) is 5.68. The van der Waals surface area contributed by atoms with Crippen molar-refractivity contribution < 1.29 is 22.0 Å². The molecule has 2 heterocycles. The normalized spacial score (nSPS) is 18.2. The van der Waals surface area contributed by atoms with Gasteiger partial charge < -0.3 is 0 Å². The van der Waals surface area contributed by atoms with Crippen molar-refractivity contribution in [3.63, 3.8) is 0 Å². The molecule has 0 spiro atoms. The predicted octanol–water partition coefficient (Wildman–Crippen LogP) is 2.56. The summed E-state index contributed by atoms with van der Waals surface area (Å²) >= 11 is 0. The molecule has 0 bridgehead atoms. The van der Waals surface area contributed by atoms with E-state index in [0.29, 0.717) is 31.0 Å². The summed E-state index contributed by atoms with van der Waals surface area (Å²) < 4.78 is 65.4. The Balaban J connectivity index is 1.69. The van der Waals surface area contributed by atoms with Crippen LogP contribution in [0.4, 0.5) is 22.0 Å². The van der Waals surface area contributed by atoms with Gasteiger partial charge in [0.15, 0.2) is 5.82 Å². The van der Waals surface area contributed by atoms with Gasteiger partial charge in [0.1, 0.15) is 0 Å². The van der Waals surface area contributed by atoms with Crippen molar-refractivity contribution in [1.82, 2.24) is 25.1 Å². The third-order valence-corrected chi connectivity index (χ3v) is 3.87. The number of alkyl halides is 5. The molecular formula is C14H14F5N5. The standard InChI is InChI=1S/C14H14F5N5/c15-13(16)6-8-23(9-13)7-5-12-20-21-22-24(12)11-3-1-10(2-4-11)14(17,18)19/h1-4H,5-9H2. The predicted molar refractivity (Wildman–Crippen MR) is 73.9 cm³/mol. The maximum Gasteiger partial charge on any atom is 0.416 e. The lowest BCUT2D eigenvalue weighted by Crippen LogP contribution is -2.27. The zero-order chi connectivity index (χ0) is 17.4. The number of tetrazole rings is 1. The summed E-state index contributed by atoms with van der Waals surface area (Å²) in [5, 5.41) is 11.1. The Bertz CT molecular complexity index is 694. The van der Waals surface area contributed by atoms with Crippen LogP contribution in [0.15, 0.2) is 24.3 Å². The SMILES string of the molecule is FC1(F)CCN(CCc2nnnn2-c2ccc(C(F)(F)F)cc2)C1. The highest BCUT2D eigenvalue weighted by Gasteiger charge is 2.37. The van der Waals surface area contributed by atoms with Crippen LogP contribution in [0.25, 0.3) is 5.69 Å². The van der Waals surface area contributed by atoms with E-state index in [1.54, 1.807) is 4.90 Å². The van der Waals surface area contributed by atoms with Crippen molar-refractivity contribution >= 4 is 0 Å². The number of benzene rings is 1. The average molecular weight is 347 g/mol. The van der Waals surface area contributed by atoms with Gasteiger partial charge in [0, 0.05) is 25.9 Å². The largest absolute Gasteiger partial charge is 0.416 e. The molecule has 0 saturated carbocycles. The first-order valence-electron chi connectivity index (χ1n) is 7.30. The number of aromatic nitrogens is 4. The van der Waals surface area contributed by atoms with Crippen LogP contribution in [0.1, 0.15) is 17.8 Å². The van der Waals surface area contributed by atoms with Gasteiger partial charge in [-0.05, 0) is 34.7 Å². The molecule has 0 atom stereocenters. The van der Waals surface area contributed by atoms with E-state index in [-0.39, 0.29) is 13.0 Å². The third kappa shape index (κ3) is 3.69. The number of rotatable bonds is 4. The van der Waals surface area contributed by atoms with Crippen molar-refractivity contribution in [3.05, 3.63) is 35.7 Å². The molecule has 5 nitrogen and oxygen atoms in total. The molecule has 1 saturated heterocycles. The fourth-order valence-corrected chi connectivity index (χ4v) is 2.61. The van der Waals surface area contributed by atoms with Gasteiger partial charge in [-0.3, -0.25) is 4.90 Å². The highest BCUT2D eigenvalue weighted by atomic mass is 19.4. The van der Waals surface area contributed by atoms with Gasteiger partial charge in [-0.25, -0.2) is 8.78 Å². The molecule has 0 radical (unpaired) electrons. The lowest BCUT2D eigenvalue weighted by molar-refractivity contribution is -0.137.